The molecule has 1 N–H and O–H groups in total. The summed E-state index contributed by atoms with van der Waals surface area (Å²) < 4.78 is 5.53. The SMILES string of the molecule is CC(NCC1CCOC1C)c1ccc([N+](=O)[O-])cc1. The molecule has 1 heterocycles. The highest BCUT2D eigenvalue weighted by Gasteiger charge is 2.24. The molecule has 104 valence electrons. The number of hydrogen-bond acceptors (Lipinski definition) is 4. The highest BCUT2D eigenvalue weighted by Crippen LogP contribution is 2.22. The van der Waals surface area contributed by atoms with Gasteiger partial charge >= 0.3 is 0 Å². The third-order valence-electron chi connectivity index (χ3n) is 3.82. The van der Waals surface area contributed by atoms with Gasteiger partial charge in [0.1, 0.15) is 0 Å². The number of ether oxygens (including phenoxy) is 1. The number of nitro groups is 1. The van der Waals surface area contributed by atoms with E-state index in [0.29, 0.717) is 12.0 Å². The van der Waals surface area contributed by atoms with E-state index >= 15 is 0 Å². The van der Waals surface area contributed by atoms with Crippen LogP contribution in [0.5, 0.6) is 0 Å². The summed E-state index contributed by atoms with van der Waals surface area (Å²) >= 11 is 0. The quantitative estimate of drug-likeness (QED) is 0.656. The molecule has 1 aromatic carbocycles. The molecule has 0 amide bonds. The first-order valence-electron chi connectivity index (χ1n) is 6.67. The predicted molar refractivity (Wildman–Crippen MR) is 73.0 cm³/mol. The van der Waals surface area contributed by atoms with E-state index in [-0.39, 0.29) is 16.7 Å². The first-order valence-corrected chi connectivity index (χ1v) is 6.67. The zero-order valence-corrected chi connectivity index (χ0v) is 11.3. The molecule has 0 aromatic heterocycles. The predicted octanol–water partition coefficient (Wildman–Crippen LogP) is 2.67. The van der Waals surface area contributed by atoms with Crippen molar-refractivity contribution in [2.75, 3.05) is 13.2 Å². The molecule has 5 heteroatoms. The van der Waals surface area contributed by atoms with Crippen LogP contribution in [-0.4, -0.2) is 24.2 Å². The summed E-state index contributed by atoms with van der Waals surface area (Å²) in [5, 5.41) is 14.1. The largest absolute Gasteiger partial charge is 0.378 e. The first kappa shape index (κ1) is 14.0. The van der Waals surface area contributed by atoms with Gasteiger partial charge in [-0.1, -0.05) is 12.1 Å². The molecule has 3 unspecified atom stereocenters. The molecule has 0 bridgehead atoms. The minimum absolute atomic E-state index is 0.133. The maximum Gasteiger partial charge on any atom is 0.269 e. The van der Waals surface area contributed by atoms with Crippen molar-refractivity contribution in [3.05, 3.63) is 39.9 Å². The normalized spacial score (nSPS) is 24.3. The van der Waals surface area contributed by atoms with Crippen molar-refractivity contribution in [3.63, 3.8) is 0 Å². The molecule has 1 aromatic rings. The van der Waals surface area contributed by atoms with Gasteiger partial charge in [-0.05, 0) is 31.7 Å². The van der Waals surface area contributed by atoms with Crippen molar-refractivity contribution >= 4 is 5.69 Å². The van der Waals surface area contributed by atoms with Gasteiger partial charge in [-0.15, -0.1) is 0 Å². The average molecular weight is 264 g/mol. The van der Waals surface area contributed by atoms with Gasteiger partial charge in [0.25, 0.3) is 5.69 Å². The summed E-state index contributed by atoms with van der Waals surface area (Å²) in [6.45, 7) is 5.94. The summed E-state index contributed by atoms with van der Waals surface area (Å²) in [6, 6.07) is 6.91. The summed E-state index contributed by atoms with van der Waals surface area (Å²) in [5.41, 5.74) is 1.20. The van der Waals surface area contributed by atoms with Gasteiger partial charge in [0.05, 0.1) is 11.0 Å². The Hall–Kier alpha value is -1.46. The van der Waals surface area contributed by atoms with Gasteiger partial charge in [-0.2, -0.15) is 0 Å². The molecule has 0 aliphatic carbocycles. The fourth-order valence-corrected chi connectivity index (χ4v) is 2.37. The van der Waals surface area contributed by atoms with Gasteiger partial charge in [0, 0.05) is 31.3 Å². The van der Waals surface area contributed by atoms with Gasteiger partial charge < -0.3 is 10.1 Å². The zero-order valence-electron chi connectivity index (χ0n) is 11.3. The summed E-state index contributed by atoms with van der Waals surface area (Å²) in [7, 11) is 0. The summed E-state index contributed by atoms with van der Waals surface area (Å²) in [6.07, 6.45) is 1.41. The van der Waals surface area contributed by atoms with E-state index in [0.717, 1.165) is 25.1 Å². The third-order valence-corrected chi connectivity index (χ3v) is 3.82. The Labute approximate surface area is 113 Å². The molecule has 0 spiro atoms. The van der Waals surface area contributed by atoms with Crippen molar-refractivity contribution < 1.29 is 9.66 Å². The summed E-state index contributed by atoms with van der Waals surface area (Å²) in [5.74, 6) is 0.556. The minimum Gasteiger partial charge on any atom is -0.378 e. The van der Waals surface area contributed by atoms with Gasteiger partial charge in [-0.25, -0.2) is 0 Å². The van der Waals surface area contributed by atoms with Crippen LogP contribution in [0, 0.1) is 16.0 Å². The smallest absolute Gasteiger partial charge is 0.269 e. The van der Waals surface area contributed by atoms with Gasteiger partial charge in [0.2, 0.25) is 0 Å². The molecule has 1 fully saturated rings. The van der Waals surface area contributed by atoms with Gasteiger partial charge in [0.15, 0.2) is 0 Å². The Morgan fingerprint density at radius 1 is 1.47 bits per heavy atom. The van der Waals surface area contributed by atoms with Crippen LogP contribution >= 0.6 is 0 Å². The summed E-state index contributed by atoms with van der Waals surface area (Å²) in [4.78, 5) is 10.2. The number of nitrogens with zero attached hydrogens (tertiary/aromatic N) is 1. The Balaban J connectivity index is 1.88. The van der Waals surface area contributed by atoms with E-state index in [4.69, 9.17) is 4.74 Å². The van der Waals surface area contributed by atoms with Crippen molar-refractivity contribution in [2.24, 2.45) is 5.92 Å². The first-order chi connectivity index (χ1) is 9.08. The van der Waals surface area contributed by atoms with E-state index in [2.05, 4.69) is 19.2 Å². The number of nitrogens with one attached hydrogen (secondary N) is 1. The minimum atomic E-state index is -0.376. The molecular weight excluding hydrogens is 244 g/mol. The molecule has 1 aliphatic heterocycles. The maximum absolute atomic E-state index is 10.6. The Kier molecular flexibility index (Phi) is 4.50. The maximum atomic E-state index is 10.6. The molecule has 19 heavy (non-hydrogen) atoms. The van der Waals surface area contributed by atoms with Crippen LogP contribution in [0.1, 0.15) is 31.9 Å². The standard InChI is InChI=1S/C14H20N2O3/c1-10(15-9-13-7-8-19-11(13)2)12-3-5-14(6-4-12)16(17)18/h3-6,10-11,13,15H,7-9H2,1-2H3. The number of hydrogen-bond donors (Lipinski definition) is 1. The third kappa shape index (κ3) is 3.52. The molecule has 2 rings (SSSR count). The van der Waals surface area contributed by atoms with Crippen LogP contribution in [0.3, 0.4) is 0 Å². The van der Waals surface area contributed by atoms with Crippen LogP contribution in [-0.2, 0) is 4.74 Å². The molecule has 1 aliphatic rings. The van der Waals surface area contributed by atoms with Crippen molar-refractivity contribution in [1.82, 2.24) is 5.32 Å². The molecule has 0 radical (unpaired) electrons. The average Bonchev–Trinajstić information content (AvgIpc) is 2.81. The van der Waals surface area contributed by atoms with Crippen molar-refractivity contribution in [3.8, 4) is 0 Å². The highest BCUT2D eigenvalue weighted by atomic mass is 16.6. The van der Waals surface area contributed by atoms with Crippen LogP contribution in [0.2, 0.25) is 0 Å². The number of non-ortho nitro benzene ring substituents is 1. The van der Waals surface area contributed by atoms with Crippen LogP contribution in [0.15, 0.2) is 24.3 Å². The molecule has 0 saturated carbocycles. The highest BCUT2D eigenvalue weighted by molar-refractivity contribution is 5.34. The van der Waals surface area contributed by atoms with Crippen molar-refractivity contribution in [2.45, 2.75) is 32.4 Å². The number of benzene rings is 1. The van der Waals surface area contributed by atoms with Crippen LogP contribution in [0.4, 0.5) is 5.69 Å². The number of nitro benzene ring substituents is 1. The molecular formula is C14H20N2O3. The van der Waals surface area contributed by atoms with E-state index in [9.17, 15) is 10.1 Å². The lowest BCUT2D eigenvalue weighted by Crippen LogP contribution is -2.29. The van der Waals surface area contributed by atoms with E-state index < -0.39 is 0 Å². The van der Waals surface area contributed by atoms with E-state index in [1.165, 1.54) is 0 Å². The van der Waals surface area contributed by atoms with Crippen LogP contribution < -0.4 is 5.32 Å². The van der Waals surface area contributed by atoms with Crippen LogP contribution in [0.25, 0.3) is 0 Å². The Morgan fingerprint density at radius 3 is 2.68 bits per heavy atom. The molecule has 3 atom stereocenters. The monoisotopic (exact) mass is 264 g/mol. The van der Waals surface area contributed by atoms with E-state index in [1.54, 1.807) is 12.1 Å². The second kappa shape index (κ2) is 6.12. The lowest BCUT2D eigenvalue weighted by atomic mass is 10.0. The molecule has 1 saturated heterocycles. The lowest BCUT2D eigenvalue weighted by Gasteiger charge is -2.19. The van der Waals surface area contributed by atoms with E-state index in [1.807, 2.05) is 12.1 Å². The topological polar surface area (TPSA) is 64.4 Å². The van der Waals surface area contributed by atoms with Crippen molar-refractivity contribution in [1.29, 1.82) is 0 Å². The number of rotatable bonds is 5. The fraction of sp³-hybridized carbons (Fsp3) is 0.571. The lowest BCUT2D eigenvalue weighted by molar-refractivity contribution is -0.384. The Morgan fingerprint density at radius 2 is 2.16 bits per heavy atom. The zero-order chi connectivity index (χ0) is 13.8. The molecule has 5 nitrogen and oxygen atoms in total. The Bertz CT molecular complexity index is 433. The second-order valence-electron chi connectivity index (χ2n) is 5.10. The second-order valence-corrected chi connectivity index (χ2v) is 5.10. The van der Waals surface area contributed by atoms with Gasteiger partial charge in [-0.3, -0.25) is 10.1 Å². The fourth-order valence-electron chi connectivity index (χ4n) is 2.37.